The second kappa shape index (κ2) is 4.28. The zero-order chi connectivity index (χ0) is 13.4. The Morgan fingerprint density at radius 3 is 2.63 bits per heavy atom. The number of carbonyl (C=O) groups is 1. The SMILES string of the molecule is C=C(C)C(=O)Oc1ccc2[nH]c3ccccc3c2c1. The van der Waals surface area contributed by atoms with Crippen LogP contribution in [-0.2, 0) is 4.79 Å². The van der Waals surface area contributed by atoms with Gasteiger partial charge in [0.25, 0.3) is 0 Å². The van der Waals surface area contributed by atoms with E-state index in [2.05, 4.69) is 11.6 Å². The fraction of sp³-hybridized carbons (Fsp3) is 0.0625. The van der Waals surface area contributed by atoms with E-state index in [1.165, 1.54) is 0 Å². The van der Waals surface area contributed by atoms with Crippen molar-refractivity contribution in [3.63, 3.8) is 0 Å². The second-order valence-electron chi connectivity index (χ2n) is 4.55. The molecular weight excluding hydrogens is 238 g/mol. The molecule has 1 N–H and O–H groups in total. The monoisotopic (exact) mass is 251 g/mol. The molecule has 0 atom stereocenters. The van der Waals surface area contributed by atoms with Crippen molar-refractivity contribution in [1.82, 2.24) is 4.98 Å². The molecule has 0 radical (unpaired) electrons. The van der Waals surface area contributed by atoms with Crippen LogP contribution in [0.1, 0.15) is 6.92 Å². The van der Waals surface area contributed by atoms with Gasteiger partial charge in [-0.15, -0.1) is 0 Å². The molecule has 1 heterocycles. The van der Waals surface area contributed by atoms with Gasteiger partial charge in [-0.25, -0.2) is 4.79 Å². The van der Waals surface area contributed by atoms with Crippen molar-refractivity contribution in [2.45, 2.75) is 6.92 Å². The maximum atomic E-state index is 11.5. The van der Waals surface area contributed by atoms with Crippen molar-refractivity contribution in [2.75, 3.05) is 0 Å². The Morgan fingerprint density at radius 1 is 1.11 bits per heavy atom. The lowest BCUT2D eigenvalue weighted by Crippen LogP contribution is -2.07. The highest BCUT2D eigenvalue weighted by Crippen LogP contribution is 2.28. The molecule has 0 aliphatic heterocycles. The van der Waals surface area contributed by atoms with Gasteiger partial charge in [-0.3, -0.25) is 0 Å². The summed E-state index contributed by atoms with van der Waals surface area (Å²) in [6.45, 7) is 5.20. The number of aromatic amines is 1. The summed E-state index contributed by atoms with van der Waals surface area (Å²) < 4.78 is 5.25. The number of hydrogen-bond acceptors (Lipinski definition) is 2. The van der Waals surface area contributed by atoms with Crippen LogP contribution in [0.15, 0.2) is 54.6 Å². The van der Waals surface area contributed by atoms with Gasteiger partial charge < -0.3 is 9.72 Å². The molecule has 0 unspecified atom stereocenters. The Morgan fingerprint density at radius 2 is 1.84 bits per heavy atom. The highest BCUT2D eigenvalue weighted by Gasteiger charge is 2.08. The number of fused-ring (bicyclic) bond motifs is 3. The number of rotatable bonds is 2. The van der Waals surface area contributed by atoms with Gasteiger partial charge in [-0.2, -0.15) is 0 Å². The largest absolute Gasteiger partial charge is 0.423 e. The molecule has 0 amide bonds. The van der Waals surface area contributed by atoms with Crippen LogP contribution < -0.4 is 4.74 Å². The summed E-state index contributed by atoms with van der Waals surface area (Å²) in [5.41, 5.74) is 2.48. The molecule has 19 heavy (non-hydrogen) atoms. The quantitative estimate of drug-likeness (QED) is 0.427. The lowest BCUT2D eigenvalue weighted by Gasteiger charge is -2.03. The molecule has 3 nitrogen and oxygen atoms in total. The summed E-state index contributed by atoms with van der Waals surface area (Å²) in [5.74, 6) is 0.129. The first-order chi connectivity index (χ1) is 9.15. The molecule has 0 aliphatic carbocycles. The van der Waals surface area contributed by atoms with E-state index in [0.717, 1.165) is 21.8 Å². The maximum absolute atomic E-state index is 11.5. The smallest absolute Gasteiger partial charge is 0.338 e. The lowest BCUT2D eigenvalue weighted by molar-refractivity contribution is -0.130. The summed E-state index contributed by atoms with van der Waals surface area (Å²) in [6, 6.07) is 13.6. The molecule has 0 fully saturated rings. The van der Waals surface area contributed by atoms with Crippen LogP contribution >= 0.6 is 0 Å². The maximum Gasteiger partial charge on any atom is 0.338 e. The average Bonchev–Trinajstić information content (AvgIpc) is 2.76. The molecule has 3 aromatic rings. The van der Waals surface area contributed by atoms with E-state index >= 15 is 0 Å². The van der Waals surface area contributed by atoms with Crippen LogP contribution in [0.5, 0.6) is 5.75 Å². The zero-order valence-electron chi connectivity index (χ0n) is 10.6. The summed E-state index contributed by atoms with van der Waals surface area (Å²) in [6.07, 6.45) is 0. The third-order valence-electron chi connectivity index (χ3n) is 3.04. The number of carbonyl (C=O) groups excluding carboxylic acids is 1. The molecule has 1 aromatic heterocycles. The Labute approximate surface area is 110 Å². The van der Waals surface area contributed by atoms with E-state index in [0.29, 0.717) is 11.3 Å². The Hall–Kier alpha value is -2.55. The molecule has 3 rings (SSSR count). The lowest BCUT2D eigenvalue weighted by atomic mass is 10.1. The van der Waals surface area contributed by atoms with Crippen molar-refractivity contribution in [1.29, 1.82) is 0 Å². The van der Waals surface area contributed by atoms with E-state index in [1.54, 1.807) is 13.0 Å². The number of hydrogen-bond donors (Lipinski definition) is 1. The number of benzene rings is 2. The predicted molar refractivity (Wildman–Crippen MR) is 76.3 cm³/mol. The number of nitrogens with one attached hydrogen (secondary N) is 1. The standard InChI is InChI=1S/C16H13NO2/c1-10(2)16(18)19-11-7-8-15-13(9-11)12-5-3-4-6-14(12)17-15/h3-9,17H,1H2,2H3. The first-order valence-corrected chi connectivity index (χ1v) is 6.03. The summed E-state index contributed by atoms with van der Waals surface area (Å²) in [7, 11) is 0. The van der Waals surface area contributed by atoms with Gasteiger partial charge in [0, 0.05) is 27.4 Å². The molecule has 2 aromatic carbocycles. The van der Waals surface area contributed by atoms with E-state index in [-0.39, 0.29) is 0 Å². The first kappa shape index (κ1) is 11.5. The normalized spacial score (nSPS) is 10.8. The summed E-state index contributed by atoms with van der Waals surface area (Å²) >= 11 is 0. The van der Waals surface area contributed by atoms with E-state index in [9.17, 15) is 4.79 Å². The van der Waals surface area contributed by atoms with Crippen LogP contribution in [0.2, 0.25) is 0 Å². The van der Waals surface area contributed by atoms with Crippen LogP contribution in [0.3, 0.4) is 0 Å². The molecular formula is C16H13NO2. The zero-order valence-corrected chi connectivity index (χ0v) is 10.6. The molecule has 0 bridgehead atoms. The average molecular weight is 251 g/mol. The fourth-order valence-electron chi connectivity index (χ4n) is 2.08. The number of ether oxygens (including phenoxy) is 1. The Bertz CT molecular complexity index is 799. The second-order valence-corrected chi connectivity index (χ2v) is 4.55. The van der Waals surface area contributed by atoms with Crippen LogP contribution in [0.25, 0.3) is 21.8 Å². The van der Waals surface area contributed by atoms with Crippen molar-refractivity contribution in [3.8, 4) is 5.75 Å². The fourth-order valence-corrected chi connectivity index (χ4v) is 2.08. The van der Waals surface area contributed by atoms with Crippen molar-refractivity contribution in [3.05, 3.63) is 54.6 Å². The predicted octanol–water partition coefficient (Wildman–Crippen LogP) is 3.80. The third kappa shape index (κ3) is 1.99. The molecule has 3 heteroatoms. The van der Waals surface area contributed by atoms with Gasteiger partial charge in [0.1, 0.15) is 5.75 Å². The topological polar surface area (TPSA) is 42.1 Å². The van der Waals surface area contributed by atoms with Gasteiger partial charge in [0.05, 0.1) is 0 Å². The van der Waals surface area contributed by atoms with Gasteiger partial charge in [-0.05, 0) is 31.2 Å². The van der Waals surface area contributed by atoms with Gasteiger partial charge >= 0.3 is 5.97 Å². The van der Waals surface area contributed by atoms with E-state index < -0.39 is 5.97 Å². The molecule has 94 valence electrons. The number of para-hydroxylation sites is 1. The minimum absolute atomic E-state index is 0.388. The summed E-state index contributed by atoms with van der Waals surface area (Å²) in [4.78, 5) is 14.8. The first-order valence-electron chi connectivity index (χ1n) is 6.03. The Kier molecular flexibility index (Phi) is 2.60. The highest BCUT2D eigenvalue weighted by molar-refractivity contribution is 6.07. The van der Waals surface area contributed by atoms with Gasteiger partial charge in [0.15, 0.2) is 0 Å². The van der Waals surface area contributed by atoms with Crippen LogP contribution in [-0.4, -0.2) is 11.0 Å². The minimum atomic E-state index is -0.404. The third-order valence-corrected chi connectivity index (χ3v) is 3.04. The van der Waals surface area contributed by atoms with Crippen LogP contribution in [0, 0.1) is 0 Å². The molecule has 0 saturated carbocycles. The molecule has 0 spiro atoms. The van der Waals surface area contributed by atoms with E-state index in [1.807, 2.05) is 36.4 Å². The van der Waals surface area contributed by atoms with Crippen molar-refractivity contribution >= 4 is 27.8 Å². The van der Waals surface area contributed by atoms with Crippen LogP contribution in [0.4, 0.5) is 0 Å². The van der Waals surface area contributed by atoms with Gasteiger partial charge in [-0.1, -0.05) is 24.8 Å². The number of esters is 1. The van der Waals surface area contributed by atoms with Crippen molar-refractivity contribution < 1.29 is 9.53 Å². The van der Waals surface area contributed by atoms with Crippen molar-refractivity contribution in [2.24, 2.45) is 0 Å². The van der Waals surface area contributed by atoms with Gasteiger partial charge in [0.2, 0.25) is 0 Å². The molecule has 0 saturated heterocycles. The summed E-state index contributed by atoms with van der Waals surface area (Å²) in [5, 5.41) is 2.16. The highest BCUT2D eigenvalue weighted by atomic mass is 16.5. The number of aromatic nitrogens is 1. The minimum Gasteiger partial charge on any atom is -0.423 e. The van der Waals surface area contributed by atoms with E-state index in [4.69, 9.17) is 4.74 Å². The Balaban J connectivity index is 2.11. The molecule has 0 aliphatic rings. The number of H-pyrrole nitrogens is 1.